The van der Waals surface area contributed by atoms with Gasteiger partial charge in [-0.25, -0.2) is 4.98 Å². The minimum absolute atomic E-state index is 0.235. The van der Waals surface area contributed by atoms with Crippen LogP contribution in [-0.2, 0) is 11.3 Å². The lowest BCUT2D eigenvalue weighted by Crippen LogP contribution is -2.50. The molecule has 162 valence electrons. The molecule has 2 aromatic heterocycles. The molecule has 0 bridgehead atoms. The Morgan fingerprint density at radius 2 is 2.06 bits per heavy atom. The summed E-state index contributed by atoms with van der Waals surface area (Å²) in [5, 5.41) is 0. The molecule has 1 fully saturated rings. The maximum absolute atomic E-state index is 12.6. The zero-order valence-corrected chi connectivity index (χ0v) is 17.6. The van der Waals surface area contributed by atoms with Crippen LogP contribution >= 0.6 is 0 Å². The van der Waals surface area contributed by atoms with E-state index in [0.717, 1.165) is 23.4 Å². The number of benzene rings is 1. The standard InChI is InChI=1S/C22H25N5O4/c1-3-27-14(2)23-17-12-15(8-9-18(17)27)20(28)24-25-21(29)16-6-4-10-26(13-16)22(30)19-7-5-11-31-19/h5,7-9,11-12,16H,3-4,6,10,13H2,1-2H3,(H,24,28)(H,25,29). The molecule has 4 rings (SSSR count). The number of hydrogen-bond donors (Lipinski definition) is 2. The highest BCUT2D eigenvalue weighted by Crippen LogP contribution is 2.20. The third kappa shape index (κ3) is 4.16. The van der Waals surface area contributed by atoms with Crippen molar-refractivity contribution in [1.82, 2.24) is 25.3 Å². The second-order valence-electron chi connectivity index (χ2n) is 7.62. The number of rotatable bonds is 4. The number of likely N-dealkylation sites (tertiary alicyclic amines) is 1. The molecule has 2 N–H and O–H groups in total. The molecule has 1 unspecified atom stereocenters. The zero-order valence-electron chi connectivity index (χ0n) is 17.6. The highest BCUT2D eigenvalue weighted by Gasteiger charge is 2.30. The molecule has 0 spiro atoms. The SMILES string of the molecule is CCn1c(C)nc2cc(C(=O)NNC(=O)C3CCCN(C(=O)c4ccco4)C3)ccc21. The average molecular weight is 423 g/mol. The van der Waals surface area contributed by atoms with Crippen LogP contribution in [0, 0.1) is 12.8 Å². The summed E-state index contributed by atoms with van der Waals surface area (Å²) < 4.78 is 7.23. The van der Waals surface area contributed by atoms with Crippen molar-refractivity contribution in [1.29, 1.82) is 0 Å². The molecule has 1 saturated heterocycles. The van der Waals surface area contributed by atoms with Crippen LogP contribution in [0.2, 0.25) is 0 Å². The number of nitrogens with one attached hydrogen (secondary N) is 2. The van der Waals surface area contributed by atoms with Gasteiger partial charge in [-0.1, -0.05) is 0 Å². The van der Waals surface area contributed by atoms with Gasteiger partial charge in [0.15, 0.2) is 5.76 Å². The van der Waals surface area contributed by atoms with Gasteiger partial charge in [-0.3, -0.25) is 25.2 Å². The fourth-order valence-corrected chi connectivity index (χ4v) is 4.01. The first kappa shape index (κ1) is 20.6. The topological polar surface area (TPSA) is 109 Å². The number of furan rings is 1. The van der Waals surface area contributed by atoms with Crippen LogP contribution in [0.1, 0.15) is 46.5 Å². The van der Waals surface area contributed by atoms with Gasteiger partial charge in [0, 0.05) is 25.2 Å². The normalized spacial score (nSPS) is 16.3. The Morgan fingerprint density at radius 1 is 1.23 bits per heavy atom. The third-order valence-electron chi connectivity index (χ3n) is 5.63. The minimum Gasteiger partial charge on any atom is -0.459 e. The van der Waals surface area contributed by atoms with Crippen LogP contribution in [0.4, 0.5) is 0 Å². The van der Waals surface area contributed by atoms with E-state index in [2.05, 4.69) is 20.4 Å². The predicted octanol–water partition coefficient (Wildman–Crippen LogP) is 2.27. The summed E-state index contributed by atoms with van der Waals surface area (Å²) >= 11 is 0. The first-order valence-corrected chi connectivity index (χ1v) is 10.4. The number of fused-ring (bicyclic) bond motifs is 1. The Hall–Kier alpha value is -3.62. The van der Waals surface area contributed by atoms with Gasteiger partial charge in [0.05, 0.1) is 23.2 Å². The summed E-state index contributed by atoms with van der Waals surface area (Å²) in [6.45, 7) is 5.61. The molecule has 0 saturated carbocycles. The fraction of sp³-hybridized carbons (Fsp3) is 0.364. The van der Waals surface area contributed by atoms with E-state index in [-0.39, 0.29) is 24.1 Å². The first-order chi connectivity index (χ1) is 15.0. The van der Waals surface area contributed by atoms with E-state index >= 15 is 0 Å². The second-order valence-corrected chi connectivity index (χ2v) is 7.62. The lowest BCUT2D eigenvalue weighted by molar-refractivity contribution is -0.127. The van der Waals surface area contributed by atoms with Crippen molar-refractivity contribution in [3.63, 3.8) is 0 Å². The molecule has 3 heterocycles. The van der Waals surface area contributed by atoms with Gasteiger partial charge in [-0.05, 0) is 57.0 Å². The Labute approximate surface area is 179 Å². The first-order valence-electron chi connectivity index (χ1n) is 10.4. The molecule has 31 heavy (non-hydrogen) atoms. The van der Waals surface area contributed by atoms with Crippen LogP contribution in [0.15, 0.2) is 41.0 Å². The zero-order chi connectivity index (χ0) is 22.0. The number of carbonyl (C=O) groups excluding carboxylic acids is 3. The van der Waals surface area contributed by atoms with E-state index in [1.54, 1.807) is 29.2 Å². The van der Waals surface area contributed by atoms with Crippen molar-refractivity contribution in [2.75, 3.05) is 13.1 Å². The van der Waals surface area contributed by atoms with Gasteiger partial charge in [0.25, 0.3) is 11.8 Å². The van der Waals surface area contributed by atoms with E-state index in [1.807, 2.05) is 19.9 Å². The van der Waals surface area contributed by atoms with Gasteiger partial charge < -0.3 is 13.9 Å². The number of aromatic nitrogens is 2. The number of carbonyl (C=O) groups is 3. The van der Waals surface area contributed by atoms with E-state index < -0.39 is 11.8 Å². The number of amides is 3. The quantitative estimate of drug-likeness (QED) is 0.626. The minimum atomic E-state index is -0.418. The second kappa shape index (κ2) is 8.63. The Kier molecular flexibility index (Phi) is 5.75. The molecule has 9 nitrogen and oxygen atoms in total. The highest BCUT2D eigenvalue weighted by atomic mass is 16.3. The van der Waals surface area contributed by atoms with Crippen LogP contribution in [0.3, 0.4) is 0 Å². The molecule has 1 atom stereocenters. The molecule has 3 amide bonds. The molecular formula is C22H25N5O4. The molecule has 3 aromatic rings. The Bertz CT molecular complexity index is 1120. The van der Waals surface area contributed by atoms with E-state index in [9.17, 15) is 14.4 Å². The molecule has 1 aromatic carbocycles. The van der Waals surface area contributed by atoms with Crippen LogP contribution in [0.5, 0.6) is 0 Å². The van der Waals surface area contributed by atoms with Crippen LogP contribution in [-0.4, -0.2) is 45.3 Å². The summed E-state index contributed by atoms with van der Waals surface area (Å²) in [6.07, 6.45) is 2.79. The van der Waals surface area contributed by atoms with Gasteiger partial charge in [-0.15, -0.1) is 0 Å². The van der Waals surface area contributed by atoms with Gasteiger partial charge in [0.1, 0.15) is 5.82 Å². The summed E-state index contributed by atoms with van der Waals surface area (Å²) in [5.41, 5.74) is 7.07. The van der Waals surface area contributed by atoms with Crippen molar-refractivity contribution >= 4 is 28.8 Å². The van der Waals surface area contributed by atoms with Crippen LogP contribution in [0.25, 0.3) is 11.0 Å². The smallest absolute Gasteiger partial charge is 0.289 e. The largest absolute Gasteiger partial charge is 0.459 e. The van der Waals surface area contributed by atoms with Gasteiger partial charge >= 0.3 is 0 Å². The molecule has 0 aliphatic carbocycles. The number of nitrogens with zero attached hydrogens (tertiary/aromatic N) is 3. The lowest BCUT2D eigenvalue weighted by atomic mass is 9.97. The van der Waals surface area contributed by atoms with Crippen LogP contribution < -0.4 is 10.9 Å². The maximum atomic E-state index is 12.6. The summed E-state index contributed by atoms with van der Waals surface area (Å²) in [7, 11) is 0. The van der Waals surface area contributed by atoms with Gasteiger partial charge in [-0.2, -0.15) is 0 Å². The molecule has 0 radical (unpaired) electrons. The number of aryl methyl sites for hydroxylation is 2. The van der Waals surface area contributed by atoms with Crippen molar-refractivity contribution in [3.05, 3.63) is 53.7 Å². The molecule has 1 aliphatic rings. The van der Waals surface area contributed by atoms with Crippen molar-refractivity contribution < 1.29 is 18.8 Å². The van der Waals surface area contributed by atoms with E-state index in [1.165, 1.54) is 6.26 Å². The average Bonchev–Trinajstić information content (AvgIpc) is 3.43. The number of hydrazine groups is 1. The molecule has 1 aliphatic heterocycles. The molecular weight excluding hydrogens is 398 g/mol. The highest BCUT2D eigenvalue weighted by molar-refractivity contribution is 5.98. The van der Waals surface area contributed by atoms with E-state index in [4.69, 9.17) is 4.42 Å². The molecule has 9 heteroatoms. The predicted molar refractivity (Wildman–Crippen MR) is 113 cm³/mol. The number of piperidine rings is 1. The summed E-state index contributed by atoms with van der Waals surface area (Å²) in [6, 6.07) is 8.53. The lowest BCUT2D eigenvalue weighted by Gasteiger charge is -2.31. The third-order valence-corrected chi connectivity index (χ3v) is 5.63. The van der Waals surface area contributed by atoms with E-state index in [0.29, 0.717) is 24.9 Å². The number of imidazole rings is 1. The maximum Gasteiger partial charge on any atom is 0.289 e. The number of hydrogen-bond acceptors (Lipinski definition) is 5. The summed E-state index contributed by atoms with van der Waals surface area (Å²) in [5.74, 6) is -0.240. The Morgan fingerprint density at radius 3 is 2.81 bits per heavy atom. The Balaban J connectivity index is 1.36. The fourth-order valence-electron chi connectivity index (χ4n) is 4.01. The van der Waals surface area contributed by atoms with Crippen molar-refractivity contribution in [3.8, 4) is 0 Å². The van der Waals surface area contributed by atoms with Gasteiger partial charge in [0.2, 0.25) is 5.91 Å². The summed E-state index contributed by atoms with van der Waals surface area (Å²) in [4.78, 5) is 43.7. The monoisotopic (exact) mass is 423 g/mol. The van der Waals surface area contributed by atoms with Crippen molar-refractivity contribution in [2.45, 2.75) is 33.2 Å². The van der Waals surface area contributed by atoms with Crippen molar-refractivity contribution in [2.24, 2.45) is 5.92 Å².